The molecule has 1 rings (SSSR count). The molecule has 0 unspecified atom stereocenters. The second-order valence-electron chi connectivity index (χ2n) is 2.16. The molecule has 0 aliphatic rings. The molecule has 0 aromatic carbocycles. The van der Waals surface area contributed by atoms with E-state index < -0.39 is 4.84 Å². The number of carbonyl (C=O) groups is 1. The van der Waals surface area contributed by atoms with E-state index in [9.17, 15) is 4.79 Å². The Balaban J connectivity index is 2.88. The minimum atomic E-state index is -0.772. The van der Waals surface area contributed by atoms with Crippen LogP contribution in [0.4, 0.5) is 5.13 Å². The normalized spacial score (nSPS) is 10.5. The lowest BCUT2D eigenvalue weighted by atomic mass is 10.6. The van der Waals surface area contributed by atoms with Crippen molar-refractivity contribution in [3.63, 3.8) is 0 Å². The van der Waals surface area contributed by atoms with Gasteiger partial charge in [0.15, 0.2) is 9.97 Å². The first-order chi connectivity index (χ1) is 6.00. The number of anilines is 1. The highest BCUT2D eigenvalue weighted by atomic mass is 35.5. The molecule has 1 heterocycles. The summed E-state index contributed by atoms with van der Waals surface area (Å²) < 4.78 is 0.388. The van der Waals surface area contributed by atoms with Gasteiger partial charge < -0.3 is 5.32 Å². The first-order valence-electron chi connectivity index (χ1n) is 3.22. The maximum Gasteiger partial charge on any atom is 0.223 e. The van der Waals surface area contributed by atoms with Crippen molar-refractivity contribution in [2.45, 2.75) is 11.8 Å². The first-order valence-corrected chi connectivity index (χ1v) is 5.29. The molecule has 0 aliphatic carbocycles. The smallest absolute Gasteiger partial charge is 0.223 e. The van der Waals surface area contributed by atoms with E-state index in [0.717, 1.165) is 11.3 Å². The molecule has 0 radical (unpaired) electrons. The maximum atomic E-state index is 10.7. The zero-order chi connectivity index (χ0) is 10.0. The molecule has 0 aliphatic heterocycles. The SMILES string of the molecule is CC(=O)Nc1nc(C(Cl)Cl)c(Cl)s1. The molecular formula is C6H5Cl3N2OS. The summed E-state index contributed by atoms with van der Waals surface area (Å²) in [6.07, 6.45) is 0. The van der Waals surface area contributed by atoms with Crippen LogP contribution in [0.5, 0.6) is 0 Å². The van der Waals surface area contributed by atoms with E-state index in [4.69, 9.17) is 34.8 Å². The van der Waals surface area contributed by atoms with Gasteiger partial charge in [0, 0.05) is 6.92 Å². The van der Waals surface area contributed by atoms with Crippen molar-refractivity contribution >= 4 is 57.2 Å². The van der Waals surface area contributed by atoms with Crippen molar-refractivity contribution in [3.05, 3.63) is 10.0 Å². The van der Waals surface area contributed by atoms with Crippen LogP contribution in [0.2, 0.25) is 4.34 Å². The molecule has 3 nitrogen and oxygen atoms in total. The molecule has 0 atom stereocenters. The summed E-state index contributed by atoms with van der Waals surface area (Å²) in [7, 11) is 0. The largest absolute Gasteiger partial charge is 0.302 e. The molecule has 0 saturated heterocycles. The van der Waals surface area contributed by atoms with Crippen LogP contribution in [-0.4, -0.2) is 10.9 Å². The number of thiazole rings is 1. The Labute approximate surface area is 94.0 Å². The Hall–Kier alpha value is -0.0300. The molecule has 0 spiro atoms. The van der Waals surface area contributed by atoms with Crippen LogP contribution in [0.3, 0.4) is 0 Å². The average Bonchev–Trinajstić information content (AvgIpc) is 2.29. The van der Waals surface area contributed by atoms with Crippen LogP contribution in [0.1, 0.15) is 17.5 Å². The highest BCUT2D eigenvalue weighted by molar-refractivity contribution is 7.19. The second-order valence-corrected chi connectivity index (χ2v) is 4.86. The number of nitrogens with one attached hydrogen (secondary N) is 1. The average molecular weight is 260 g/mol. The minimum absolute atomic E-state index is 0.210. The number of amides is 1. The third-order valence-electron chi connectivity index (χ3n) is 1.10. The maximum absolute atomic E-state index is 10.7. The van der Waals surface area contributed by atoms with Crippen molar-refractivity contribution in [3.8, 4) is 0 Å². The van der Waals surface area contributed by atoms with E-state index >= 15 is 0 Å². The number of hydrogen-bond acceptors (Lipinski definition) is 3. The number of halogens is 3. The number of rotatable bonds is 2. The van der Waals surface area contributed by atoms with Crippen molar-refractivity contribution in [1.82, 2.24) is 4.98 Å². The van der Waals surface area contributed by atoms with E-state index in [1.807, 2.05) is 0 Å². The predicted octanol–water partition coefficient (Wildman–Crippen LogP) is 3.23. The van der Waals surface area contributed by atoms with Gasteiger partial charge in [-0.25, -0.2) is 4.98 Å². The van der Waals surface area contributed by atoms with Gasteiger partial charge in [-0.1, -0.05) is 46.1 Å². The predicted molar refractivity (Wildman–Crippen MR) is 55.9 cm³/mol. The van der Waals surface area contributed by atoms with Gasteiger partial charge >= 0.3 is 0 Å². The quantitative estimate of drug-likeness (QED) is 0.829. The van der Waals surface area contributed by atoms with Crippen molar-refractivity contribution in [1.29, 1.82) is 0 Å². The van der Waals surface area contributed by atoms with Crippen molar-refractivity contribution < 1.29 is 4.79 Å². The third-order valence-corrected chi connectivity index (χ3v) is 2.71. The van der Waals surface area contributed by atoms with Gasteiger partial charge in [-0.3, -0.25) is 4.79 Å². The summed E-state index contributed by atoms with van der Waals surface area (Å²) in [6.45, 7) is 1.38. The van der Waals surface area contributed by atoms with E-state index in [2.05, 4.69) is 10.3 Å². The van der Waals surface area contributed by atoms with Crippen LogP contribution in [0.25, 0.3) is 0 Å². The van der Waals surface area contributed by atoms with E-state index in [1.54, 1.807) is 0 Å². The molecule has 0 bridgehead atoms. The summed E-state index contributed by atoms with van der Waals surface area (Å²) in [4.78, 5) is 13.8. The van der Waals surface area contributed by atoms with Crippen molar-refractivity contribution in [2.24, 2.45) is 0 Å². The summed E-state index contributed by atoms with van der Waals surface area (Å²) in [5.41, 5.74) is 0.374. The van der Waals surface area contributed by atoms with Gasteiger partial charge in [0.25, 0.3) is 0 Å². The lowest BCUT2D eigenvalue weighted by molar-refractivity contribution is -0.114. The third kappa shape index (κ3) is 2.98. The number of aromatic nitrogens is 1. The summed E-state index contributed by atoms with van der Waals surface area (Å²) in [5, 5.41) is 2.89. The van der Waals surface area contributed by atoms with E-state index in [1.165, 1.54) is 6.92 Å². The standard InChI is InChI=1S/C6H5Cl3N2OS/c1-2(12)10-6-11-3(4(7)8)5(9)13-6/h4H,1H3,(H,10,11,12). The highest BCUT2D eigenvalue weighted by Crippen LogP contribution is 2.36. The summed E-state index contributed by atoms with van der Waals surface area (Å²) >= 11 is 18.0. The zero-order valence-electron chi connectivity index (χ0n) is 6.47. The van der Waals surface area contributed by atoms with Gasteiger partial charge in [0.1, 0.15) is 10.0 Å². The molecule has 72 valence electrons. The Morgan fingerprint density at radius 2 is 2.23 bits per heavy atom. The minimum Gasteiger partial charge on any atom is -0.302 e. The number of hydrogen-bond donors (Lipinski definition) is 1. The zero-order valence-corrected chi connectivity index (χ0v) is 9.56. The molecule has 0 fully saturated rings. The molecule has 1 amide bonds. The Morgan fingerprint density at radius 1 is 1.62 bits per heavy atom. The van der Waals surface area contributed by atoms with E-state index in [-0.39, 0.29) is 5.91 Å². The monoisotopic (exact) mass is 258 g/mol. The van der Waals surface area contributed by atoms with Gasteiger partial charge in [0.2, 0.25) is 5.91 Å². The number of carbonyl (C=O) groups excluding carboxylic acids is 1. The van der Waals surface area contributed by atoms with Gasteiger partial charge in [-0.2, -0.15) is 0 Å². The molecule has 1 N–H and O–H groups in total. The lowest BCUT2D eigenvalue weighted by Crippen LogP contribution is -2.05. The molecule has 1 aromatic heterocycles. The van der Waals surface area contributed by atoms with Crippen molar-refractivity contribution in [2.75, 3.05) is 5.32 Å². The van der Waals surface area contributed by atoms with Gasteiger partial charge in [-0.05, 0) is 0 Å². The first kappa shape index (κ1) is 11.0. The number of nitrogens with zero attached hydrogens (tertiary/aromatic N) is 1. The Morgan fingerprint density at radius 3 is 2.62 bits per heavy atom. The fourth-order valence-electron chi connectivity index (χ4n) is 0.652. The van der Waals surface area contributed by atoms with Crippen LogP contribution in [-0.2, 0) is 4.79 Å². The van der Waals surface area contributed by atoms with Crippen LogP contribution in [0, 0.1) is 0 Å². The van der Waals surface area contributed by atoms with E-state index in [0.29, 0.717) is 15.2 Å². The van der Waals surface area contributed by atoms with Gasteiger partial charge in [0.05, 0.1) is 0 Å². The van der Waals surface area contributed by atoms with Gasteiger partial charge in [-0.15, -0.1) is 0 Å². The molecule has 7 heteroatoms. The number of alkyl halides is 2. The molecule has 13 heavy (non-hydrogen) atoms. The highest BCUT2D eigenvalue weighted by Gasteiger charge is 2.15. The summed E-state index contributed by atoms with van der Waals surface area (Å²) in [6, 6.07) is 0. The molecule has 0 saturated carbocycles. The second kappa shape index (κ2) is 4.46. The van der Waals surface area contributed by atoms with Crippen LogP contribution >= 0.6 is 46.1 Å². The van der Waals surface area contributed by atoms with Crippen LogP contribution in [0.15, 0.2) is 0 Å². The lowest BCUT2D eigenvalue weighted by Gasteiger charge is -1.94. The summed E-state index contributed by atoms with van der Waals surface area (Å²) in [5.74, 6) is -0.210. The molecular weight excluding hydrogens is 255 g/mol. The fraction of sp³-hybridized carbons (Fsp3) is 0.333. The Bertz CT molecular complexity index is 326. The molecule has 1 aromatic rings. The van der Waals surface area contributed by atoms with Crippen LogP contribution < -0.4 is 5.32 Å². The fourth-order valence-corrected chi connectivity index (χ4v) is 2.36. The topological polar surface area (TPSA) is 42.0 Å². The Kier molecular flexibility index (Phi) is 3.79.